The zero-order chi connectivity index (χ0) is 8.41. The van der Waals surface area contributed by atoms with Gasteiger partial charge in [-0.3, -0.25) is 0 Å². The van der Waals surface area contributed by atoms with Crippen molar-refractivity contribution in [1.82, 2.24) is 0 Å². The first-order chi connectivity index (χ1) is 4.31. The molecule has 1 radical (unpaired) electrons. The molecule has 0 fully saturated rings. The molecule has 0 amide bonds. The predicted molar refractivity (Wildman–Crippen MR) is 25.6 cm³/mol. The summed E-state index contributed by atoms with van der Waals surface area (Å²) in [6.07, 6.45) is -7.09. The van der Waals surface area contributed by atoms with E-state index in [0.717, 1.165) is 0 Å². The highest BCUT2D eigenvalue weighted by atomic mass is 19.4. The normalized spacial score (nSPS) is 13.8. The second-order valence-electron chi connectivity index (χ2n) is 1.81. The number of hydrogen-bond donors (Lipinski definition) is 0. The summed E-state index contributed by atoms with van der Waals surface area (Å²) in [6, 6.07) is 0. The standard InChI is InChI=1S/C5H6F5/c1-2-3-4(6,7)5(8,9)10/h1-3H2. The van der Waals surface area contributed by atoms with E-state index < -0.39 is 24.9 Å². The Morgan fingerprint density at radius 3 is 1.50 bits per heavy atom. The molecule has 0 aliphatic rings. The molecule has 0 heterocycles. The highest BCUT2D eigenvalue weighted by Gasteiger charge is 2.56. The summed E-state index contributed by atoms with van der Waals surface area (Å²) in [4.78, 5) is 0. The summed E-state index contributed by atoms with van der Waals surface area (Å²) in [5, 5.41) is 0. The van der Waals surface area contributed by atoms with Crippen molar-refractivity contribution in [2.75, 3.05) is 0 Å². The molecule has 0 nitrogen and oxygen atoms in total. The van der Waals surface area contributed by atoms with E-state index in [4.69, 9.17) is 0 Å². The lowest BCUT2D eigenvalue weighted by Gasteiger charge is -2.17. The molecule has 0 aromatic carbocycles. The zero-order valence-electron chi connectivity index (χ0n) is 5.01. The predicted octanol–water partition coefficient (Wildman–Crippen LogP) is 2.80. The van der Waals surface area contributed by atoms with Gasteiger partial charge in [0.1, 0.15) is 0 Å². The van der Waals surface area contributed by atoms with Gasteiger partial charge in [-0.05, 0) is 6.42 Å². The Balaban J connectivity index is 4.10. The molecule has 5 heteroatoms. The Hall–Kier alpha value is -0.350. The summed E-state index contributed by atoms with van der Waals surface area (Å²) in [5.41, 5.74) is 0. The molecular weight excluding hydrogens is 155 g/mol. The molecule has 0 N–H and O–H groups in total. The van der Waals surface area contributed by atoms with Crippen LogP contribution in [0.4, 0.5) is 22.0 Å². The van der Waals surface area contributed by atoms with Crippen LogP contribution in [-0.4, -0.2) is 12.1 Å². The fourth-order valence-corrected chi connectivity index (χ4v) is 0.364. The molecule has 61 valence electrons. The van der Waals surface area contributed by atoms with Crippen LogP contribution >= 0.6 is 0 Å². The number of alkyl halides is 5. The molecule has 0 saturated heterocycles. The average Bonchev–Trinajstić information content (AvgIpc) is 1.61. The maximum Gasteiger partial charge on any atom is 0.453 e. The van der Waals surface area contributed by atoms with Crippen LogP contribution in [0.1, 0.15) is 12.8 Å². The second kappa shape index (κ2) is 2.72. The molecule has 0 saturated carbocycles. The highest BCUT2D eigenvalue weighted by Crippen LogP contribution is 2.38. The van der Waals surface area contributed by atoms with Crippen LogP contribution in [0.15, 0.2) is 0 Å². The maximum absolute atomic E-state index is 11.8. The van der Waals surface area contributed by atoms with E-state index in [9.17, 15) is 22.0 Å². The van der Waals surface area contributed by atoms with Gasteiger partial charge in [0, 0.05) is 6.42 Å². The maximum atomic E-state index is 11.8. The van der Waals surface area contributed by atoms with Gasteiger partial charge in [0.25, 0.3) is 0 Å². The Kier molecular flexibility index (Phi) is 2.62. The van der Waals surface area contributed by atoms with E-state index in [-0.39, 0.29) is 0 Å². The van der Waals surface area contributed by atoms with Crippen LogP contribution < -0.4 is 0 Å². The van der Waals surface area contributed by atoms with E-state index in [1.54, 1.807) is 0 Å². The quantitative estimate of drug-likeness (QED) is 0.546. The minimum absolute atomic E-state index is 0.424. The Labute approximate surface area is 55.0 Å². The Bertz CT molecular complexity index is 103. The third-order valence-corrected chi connectivity index (χ3v) is 0.905. The van der Waals surface area contributed by atoms with Crippen molar-refractivity contribution in [2.45, 2.75) is 24.9 Å². The highest BCUT2D eigenvalue weighted by molar-refractivity contribution is 4.75. The molecule has 0 bridgehead atoms. The van der Waals surface area contributed by atoms with E-state index >= 15 is 0 Å². The topological polar surface area (TPSA) is 0 Å². The summed E-state index contributed by atoms with van der Waals surface area (Å²) < 4.78 is 57.3. The van der Waals surface area contributed by atoms with Crippen molar-refractivity contribution in [2.24, 2.45) is 0 Å². The summed E-state index contributed by atoms with van der Waals surface area (Å²) in [5.74, 6) is -4.57. The first-order valence-electron chi connectivity index (χ1n) is 2.55. The third-order valence-electron chi connectivity index (χ3n) is 0.905. The minimum Gasteiger partial charge on any atom is -0.196 e. The first kappa shape index (κ1) is 9.65. The molecule has 0 unspecified atom stereocenters. The molecule has 0 aliphatic carbocycles. The van der Waals surface area contributed by atoms with Crippen molar-refractivity contribution in [3.8, 4) is 0 Å². The zero-order valence-corrected chi connectivity index (χ0v) is 5.01. The van der Waals surface area contributed by atoms with E-state index in [1.165, 1.54) is 0 Å². The van der Waals surface area contributed by atoms with Gasteiger partial charge in [-0.2, -0.15) is 22.0 Å². The third kappa shape index (κ3) is 2.11. The lowest BCUT2D eigenvalue weighted by Crippen LogP contribution is -2.35. The molecule has 0 aromatic heterocycles. The summed E-state index contributed by atoms with van der Waals surface area (Å²) in [6.45, 7) is 2.90. The van der Waals surface area contributed by atoms with Crippen LogP contribution in [0.25, 0.3) is 0 Å². The van der Waals surface area contributed by atoms with Crippen molar-refractivity contribution < 1.29 is 22.0 Å². The SMILES string of the molecule is [CH2]CCC(F)(F)C(F)(F)F. The molecule has 0 spiro atoms. The van der Waals surface area contributed by atoms with E-state index in [0.29, 0.717) is 0 Å². The van der Waals surface area contributed by atoms with Gasteiger partial charge in [-0.15, -0.1) is 0 Å². The molecule has 0 rings (SSSR count). The van der Waals surface area contributed by atoms with Gasteiger partial charge in [0.2, 0.25) is 0 Å². The van der Waals surface area contributed by atoms with Crippen molar-refractivity contribution in [3.05, 3.63) is 6.92 Å². The number of hydrogen-bond acceptors (Lipinski definition) is 0. The second-order valence-corrected chi connectivity index (χ2v) is 1.81. The van der Waals surface area contributed by atoms with E-state index in [2.05, 4.69) is 6.92 Å². The van der Waals surface area contributed by atoms with Gasteiger partial charge in [0.05, 0.1) is 0 Å². The van der Waals surface area contributed by atoms with Crippen LogP contribution in [0.5, 0.6) is 0 Å². The van der Waals surface area contributed by atoms with Crippen LogP contribution in [0.3, 0.4) is 0 Å². The molecule has 10 heavy (non-hydrogen) atoms. The van der Waals surface area contributed by atoms with Crippen LogP contribution in [-0.2, 0) is 0 Å². The molecule has 0 aromatic rings. The van der Waals surface area contributed by atoms with Gasteiger partial charge in [-0.1, -0.05) is 6.92 Å². The van der Waals surface area contributed by atoms with Gasteiger partial charge in [0.15, 0.2) is 0 Å². The average molecular weight is 161 g/mol. The van der Waals surface area contributed by atoms with Gasteiger partial charge in [-0.25, -0.2) is 0 Å². The molecule has 0 atom stereocenters. The lowest BCUT2D eigenvalue weighted by atomic mass is 10.2. The van der Waals surface area contributed by atoms with Crippen molar-refractivity contribution >= 4 is 0 Å². The van der Waals surface area contributed by atoms with Gasteiger partial charge >= 0.3 is 12.1 Å². The van der Waals surface area contributed by atoms with Crippen molar-refractivity contribution in [3.63, 3.8) is 0 Å². The van der Waals surface area contributed by atoms with Gasteiger partial charge < -0.3 is 0 Å². The van der Waals surface area contributed by atoms with Crippen LogP contribution in [0, 0.1) is 6.92 Å². The summed E-state index contributed by atoms with van der Waals surface area (Å²) >= 11 is 0. The minimum atomic E-state index is -5.43. The first-order valence-corrected chi connectivity index (χ1v) is 2.55. The Morgan fingerprint density at radius 1 is 1.00 bits per heavy atom. The molecule has 0 aliphatic heterocycles. The fourth-order valence-electron chi connectivity index (χ4n) is 0.364. The fraction of sp³-hybridized carbons (Fsp3) is 0.800. The smallest absolute Gasteiger partial charge is 0.196 e. The molecular formula is C5H6F5. The number of halogens is 5. The lowest BCUT2D eigenvalue weighted by molar-refractivity contribution is -0.283. The largest absolute Gasteiger partial charge is 0.453 e. The number of rotatable bonds is 2. The van der Waals surface area contributed by atoms with Crippen LogP contribution in [0.2, 0.25) is 0 Å². The Morgan fingerprint density at radius 2 is 1.40 bits per heavy atom. The summed E-state index contributed by atoms with van der Waals surface area (Å²) in [7, 11) is 0. The van der Waals surface area contributed by atoms with E-state index in [1.807, 2.05) is 0 Å². The van der Waals surface area contributed by atoms with Crippen molar-refractivity contribution in [1.29, 1.82) is 0 Å². The monoisotopic (exact) mass is 161 g/mol.